The summed E-state index contributed by atoms with van der Waals surface area (Å²) in [5.41, 5.74) is 0. The van der Waals surface area contributed by atoms with Crippen LogP contribution in [0.1, 0.15) is 52.4 Å². The summed E-state index contributed by atoms with van der Waals surface area (Å²) >= 11 is 0. The average molecular weight is 374 g/mol. The minimum Gasteiger partial charge on any atom is -0.465 e. The number of methoxy groups -OCH3 is 1. The number of carbonyl (C=O) groups excluding carboxylic acids is 2. The minimum atomic E-state index is -0.531. The van der Waals surface area contributed by atoms with Crippen LogP contribution in [0.3, 0.4) is 0 Å². The molecule has 26 heavy (non-hydrogen) atoms. The van der Waals surface area contributed by atoms with Gasteiger partial charge in [0, 0.05) is 13.7 Å². The molecule has 0 spiro atoms. The lowest BCUT2D eigenvalue weighted by atomic mass is 9.81. The first kappa shape index (κ1) is 22.7. The van der Waals surface area contributed by atoms with Gasteiger partial charge in [0.25, 0.3) is 6.47 Å². The molecule has 7 heteroatoms. The lowest BCUT2D eigenvalue weighted by Crippen LogP contribution is -2.26. The summed E-state index contributed by atoms with van der Waals surface area (Å²) in [5.74, 6) is 1.62. The van der Waals surface area contributed by atoms with E-state index in [0.29, 0.717) is 25.6 Å². The molecule has 1 aliphatic heterocycles. The summed E-state index contributed by atoms with van der Waals surface area (Å²) in [6.07, 6.45) is 6.70. The van der Waals surface area contributed by atoms with Gasteiger partial charge in [0.05, 0.1) is 6.61 Å². The molecule has 1 saturated heterocycles. The summed E-state index contributed by atoms with van der Waals surface area (Å²) in [4.78, 5) is 20.3. The van der Waals surface area contributed by atoms with Gasteiger partial charge < -0.3 is 23.7 Å². The number of rotatable bonds is 10. The molecule has 0 amide bonds. The van der Waals surface area contributed by atoms with E-state index in [9.17, 15) is 9.59 Å². The first-order valence-corrected chi connectivity index (χ1v) is 9.61. The maximum atomic E-state index is 10.2. The van der Waals surface area contributed by atoms with Crippen molar-refractivity contribution in [3.05, 3.63) is 0 Å². The highest BCUT2D eigenvalue weighted by Crippen LogP contribution is 2.30. The molecule has 0 radical (unpaired) electrons. The topological polar surface area (TPSA) is 80.3 Å². The van der Waals surface area contributed by atoms with Gasteiger partial charge >= 0.3 is 6.16 Å². The van der Waals surface area contributed by atoms with Crippen molar-refractivity contribution < 1.29 is 33.3 Å². The second-order valence-electron chi connectivity index (χ2n) is 6.83. The molecule has 0 aromatic carbocycles. The Labute approximate surface area is 156 Å². The van der Waals surface area contributed by atoms with Gasteiger partial charge in [-0.25, -0.2) is 4.79 Å². The van der Waals surface area contributed by atoms with Gasteiger partial charge in [-0.2, -0.15) is 0 Å². The van der Waals surface area contributed by atoms with Crippen LogP contribution < -0.4 is 0 Å². The van der Waals surface area contributed by atoms with Crippen molar-refractivity contribution in [3.8, 4) is 0 Å². The minimum absolute atomic E-state index is 0.00231. The summed E-state index contributed by atoms with van der Waals surface area (Å²) < 4.78 is 24.7. The molecule has 2 atom stereocenters. The van der Waals surface area contributed by atoms with Gasteiger partial charge in [-0.3, -0.25) is 4.79 Å². The van der Waals surface area contributed by atoms with Crippen molar-refractivity contribution >= 4 is 12.6 Å². The largest absolute Gasteiger partial charge is 0.508 e. The van der Waals surface area contributed by atoms with Crippen LogP contribution in [-0.4, -0.2) is 58.4 Å². The number of hydrogen-bond donors (Lipinski definition) is 0. The van der Waals surface area contributed by atoms with Gasteiger partial charge in [0.15, 0.2) is 0 Å². The zero-order valence-corrected chi connectivity index (χ0v) is 16.3. The molecule has 1 saturated carbocycles. The maximum Gasteiger partial charge on any atom is 0.508 e. The van der Waals surface area contributed by atoms with Crippen molar-refractivity contribution in [1.29, 1.82) is 0 Å². The Balaban J connectivity index is 0.000000350. The molecule has 152 valence electrons. The highest BCUT2D eigenvalue weighted by Gasteiger charge is 2.22. The van der Waals surface area contributed by atoms with Crippen molar-refractivity contribution in [3.63, 3.8) is 0 Å². The zero-order valence-electron chi connectivity index (χ0n) is 16.3. The van der Waals surface area contributed by atoms with Crippen LogP contribution in [0.25, 0.3) is 0 Å². The molecule has 0 bridgehead atoms. The predicted molar refractivity (Wildman–Crippen MR) is 95.9 cm³/mol. The first-order chi connectivity index (χ1) is 12.6. The van der Waals surface area contributed by atoms with E-state index in [1.807, 2.05) is 6.92 Å². The van der Waals surface area contributed by atoms with Crippen molar-refractivity contribution in [1.82, 2.24) is 0 Å². The molecule has 0 aromatic heterocycles. The molecule has 0 N–H and O–H groups in total. The molecule has 2 aliphatic rings. The Bertz CT molecular complexity index is 380. The Morgan fingerprint density at radius 2 is 1.81 bits per heavy atom. The van der Waals surface area contributed by atoms with E-state index in [1.165, 1.54) is 32.1 Å². The van der Waals surface area contributed by atoms with Gasteiger partial charge in [-0.05, 0) is 31.1 Å². The third kappa shape index (κ3) is 9.38. The number of ether oxygens (including phenoxy) is 5. The van der Waals surface area contributed by atoms with Crippen LogP contribution >= 0.6 is 0 Å². The molecule has 1 aliphatic carbocycles. The molecule has 2 unspecified atom stereocenters. The van der Waals surface area contributed by atoms with Crippen LogP contribution in [0.5, 0.6) is 0 Å². The lowest BCUT2D eigenvalue weighted by Gasteiger charge is -2.28. The van der Waals surface area contributed by atoms with Gasteiger partial charge in [-0.1, -0.05) is 33.1 Å². The van der Waals surface area contributed by atoms with Crippen molar-refractivity contribution in [2.24, 2.45) is 11.8 Å². The second kappa shape index (κ2) is 13.8. The monoisotopic (exact) mass is 374 g/mol. The fourth-order valence-electron chi connectivity index (χ4n) is 3.07. The maximum absolute atomic E-state index is 10.2. The van der Waals surface area contributed by atoms with Crippen LogP contribution in [0, 0.1) is 11.8 Å². The molecular formula is C19H34O7. The quantitative estimate of drug-likeness (QED) is 0.428. The third-order valence-corrected chi connectivity index (χ3v) is 4.99. The fourth-order valence-corrected chi connectivity index (χ4v) is 3.07. The standard InChI is InChI=1S/C14H26O4.C5H8O3/c1-3-12-4-6-13(7-5-12)8-17-9-14(16-2)10-18-11-15;1-2-4-3-7-5(6)8-4/h11-14H,3-10H2,1-2H3;4H,2-3H2,1H3. The summed E-state index contributed by atoms with van der Waals surface area (Å²) in [6.45, 7) is 6.66. The van der Waals surface area contributed by atoms with E-state index in [4.69, 9.17) is 9.47 Å². The number of hydrogen-bond acceptors (Lipinski definition) is 7. The lowest BCUT2D eigenvalue weighted by molar-refractivity contribution is -0.133. The molecule has 1 heterocycles. The Morgan fingerprint density at radius 3 is 2.27 bits per heavy atom. The van der Waals surface area contributed by atoms with Crippen molar-refractivity contribution in [2.45, 2.75) is 64.6 Å². The fraction of sp³-hybridized carbons (Fsp3) is 0.895. The Kier molecular flexibility index (Phi) is 12.1. The van der Waals surface area contributed by atoms with E-state index in [0.717, 1.165) is 18.9 Å². The second-order valence-corrected chi connectivity index (χ2v) is 6.83. The van der Waals surface area contributed by atoms with Gasteiger partial charge in [0.2, 0.25) is 0 Å². The van der Waals surface area contributed by atoms with Crippen molar-refractivity contribution in [2.75, 3.05) is 33.5 Å². The average Bonchev–Trinajstić information content (AvgIpc) is 3.11. The van der Waals surface area contributed by atoms with Crippen LogP contribution in [0.4, 0.5) is 4.79 Å². The molecule has 2 rings (SSSR count). The normalized spacial score (nSPS) is 26.1. The third-order valence-electron chi connectivity index (χ3n) is 4.99. The van der Waals surface area contributed by atoms with Gasteiger partial charge in [0.1, 0.15) is 25.4 Å². The highest BCUT2D eigenvalue weighted by atomic mass is 16.8. The predicted octanol–water partition coefficient (Wildman–Crippen LogP) is 3.34. The molecule has 0 aromatic rings. The van der Waals surface area contributed by atoms with Crippen LogP contribution in [-0.2, 0) is 28.5 Å². The highest BCUT2D eigenvalue weighted by molar-refractivity contribution is 5.61. The number of carbonyl (C=O) groups is 2. The molecular weight excluding hydrogens is 340 g/mol. The SMILES string of the molecule is CCC1CCC(COCC(COC=O)OC)CC1.CCC1COC(=O)O1. The van der Waals surface area contributed by atoms with E-state index in [1.54, 1.807) is 7.11 Å². The van der Waals surface area contributed by atoms with E-state index in [-0.39, 0.29) is 18.8 Å². The Morgan fingerprint density at radius 1 is 1.12 bits per heavy atom. The first-order valence-electron chi connectivity index (χ1n) is 9.61. The smallest absolute Gasteiger partial charge is 0.465 e. The van der Waals surface area contributed by atoms with E-state index in [2.05, 4.69) is 21.1 Å². The summed E-state index contributed by atoms with van der Waals surface area (Å²) in [6, 6.07) is 0. The Hall–Kier alpha value is -1.34. The molecule has 2 fully saturated rings. The van der Waals surface area contributed by atoms with E-state index < -0.39 is 6.16 Å². The number of cyclic esters (lactones) is 2. The van der Waals surface area contributed by atoms with Crippen LogP contribution in [0.2, 0.25) is 0 Å². The summed E-state index contributed by atoms with van der Waals surface area (Å²) in [5, 5.41) is 0. The van der Waals surface area contributed by atoms with Crippen LogP contribution in [0.15, 0.2) is 0 Å². The summed E-state index contributed by atoms with van der Waals surface area (Å²) in [7, 11) is 1.61. The molecule has 7 nitrogen and oxygen atoms in total. The van der Waals surface area contributed by atoms with Gasteiger partial charge in [-0.15, -0.1) is 0 Å². The van der Waals surface area contributed by atoms with E-state index >= 15 is 0 Å². The zero-order chi connectivity index (χ0) is 19.2.